The van der Waals surface area contributed by atoms with Gasteiger partial charge in [0.1, 0.15) is 0 Å². The summed E-state index contributed by atoms with van der Waals surface area (Å²) >= 11 is 5.64. The van der Waals surface area contributed by atoms with E-state index in [0.29, 0.717) is 16.5 Å². The molecule has 0 saturated heterocycles. The fraction of sp³-hybridized carbons (Fsp3) is 0.333. The molecule has 1 aliphatic carbocycles. The molecular weight excluding hydrogens is 179 g/mol. The standard InChI is InChI=1S/C9H8ClFO/c10-6-3-7(5-1-2-5)9(12)8(11)4-6/h3-5,12H,1-2H2. The Bertz CT molecular complexity index is 321. The molecule has 0 heterocycles. The quantitative estimate of drug-likeness (QED) is 0.715. The first-order valence-corrected chi connectivity index (χ1v) is 4.24. The molecule has 0 aromatic heterocycles. The molecule has 1 aliphatic rings. The maximum absolute atomic E-state index is 12.9. The van der Waals surface area contributed by atoms with E-state index in [2.05, 4.69) is 0 Å². The van der Waals surface area contributed by atoms with Crippen molar-refractivity contribution >= 4 is 11.6 Å². The number of halogens is 2. The topological polar surface area (TPSA) is 20.2 Å². The van der Waals surface area contributed by atoms with Crippen molar-refractivity contribution in [2.24, 2.45) is 0 Å². The van der Waals surface area contributed by atoms with Crippen molar-refractivity contribution in [2.75, 3.05) is 0 Å². The molecule has 0 amide bonds. The summed E-state index contributed by atoms with van der Waals surface area (Å²) in [7, 11) is 0. The molecule has 64 valence electrons. The Balaban J connectivity index is 2.51. The van der Waals surface area contributed by atoms with Gasteiger partial charge in [0.05, 0.1) is 0 Å². The van der Waals surface area contributed by atoms with Crippen LogP contribution in [-0.4, -0.2) is 5.11 Å². The molecule has 0 radical (unpaired) electrons. The van der Waals surface area contributed by atoms with E-state index in [4.69, 9.17) is 11.6 Å². The van der Waals surface area contributed by atoms with Crippen LogP contribution in [0.15, 0.2) is 12.1 Å². The van der Waals surface area contributed by atoms with Crippen molar-refractivity contribution in [3.63, 3.8) is 0 Å². The highest BCUT2D eigenvalue weighted by Crippen LogP contribution is 2.45. The molecule has 1 saturated carbocycles. The lowest BCUT2D eigenvalue weighted by molar-refractivity contribution is 0.426. The van der Waals surface area contributed by atoms with Crippen LogP contribution in [-0.2, 0) is 0 Å². The van der Waals surface area contributed by atoms with Crippen LogP contribution in [0.3, 0.4) is 0 Å². The number of phenols is 1. The summed E-state index contributed by atoms with van der Waals surface area (Å²) in [6, 6.07) is 2.76. The van der Waals surface area contributed by atoms with Gasteiger partial charge in [-0.1, -0.05) is 11.6 Å². The third-order valence-electron chi connectivity index (χ3n) is 2.07. The number of aromatic hydroxyl groups is 1. The van der Waals surface area contributed by atoms with E-state index in [1.165, 1.54) is 0 Å². The van der Waals surface area contributed by atoms with Crippen molar-refractivity contribution in [2.45, 2.75) is 18.8 Å². The minimum Gasteiger partial charge on any atom is -0.505 e. The van der Waals surface area contributed by atoms with Crippen LogP contribution in [0, 0.1) is 5.82 Å². The van der Waals surface area contributed by atoms with Crippen molar-refractivity contribution in [1.29, 1.82) is 0 Å². The molecule has 1 aromatic carbocycles. The van der Waals surface area contributed by atoms with Gasteiger partial charge in [-0.25, -0.2) is 4.39 Å². The third-order valence-corrected chi connectivity index (χ3v) is 2.29. The van der Waals surface area contributed by atoms with E-state index in [0.717, 1.165) is 18.9 Å². The van der Waals surface area contributed by atoms with Crippen LogP contribution in [0.4, 0.5) is 4.39 Å². The Hall–Kier alpha value is -0.760. The monoisotopic (exact) mass is 186 g/mol. The summed E-state index contributed by atoms with van der Waals surface area (Å²) in [6.07, 6.45) is 2.04. The molecule has 2 rings (SSSR count). The average Bonchev–Trinajstić information content (AvgIpc) is 2.79. The van der Waals surface area contributed by atoms with Crippen LogP contribution >= 0.6 is 11.6 Å². The second-order valence-electron chi connectivity index (χ2n) is 3.10. The highest BCUT2D eigenvalue weighted by molar-refractivity contribution is 6.30. The van der Waals surface area contributed by atoms with Gasteiger partial charge < -0.3 is 5.11 Å². The zero-order valence-corrected chi connectivity index (χ0v) is 7.11. The highest BCUT2D eigenvalue weighted by atomic mass is 35.5. The lowest BCUT2D eigenvalue weighted by Crippen LogP contribution is -1.85. The minimum atomic E-state index is -0.621. The first kappa shape index (κ1) is 7.87. The Morgan fingerprint density at radius 1 is 1.42 bits per heavy atom. The average molecular weight is 187 g/mol. The number of hydrogen-bond donors (Lipinski definition) is 1. The highest BCUT2D eigenvalue weighted by Gasteiger charge is 2.27. The lowest BCUT2D eigenvalue weighted by Gasteiger charge is -2.03. The first-order chi connectivity index (χ1) is 5.68. The van der Waals surface area contributed by atoms with Gasteiger partial charge in [0.15, 0.2) is 11.6 Å². The second-order valence-corrected chi connectivity index (χ2v) is 3.54. The molecule has 3 heteroatoms. The zero-order valence-electron chi connectivity index (χ0n) is 6.35. The maximum atomic E-state index is 12.9. The van der Waals surface area contributed by atoms with E-state index >= 15 is 0 Å². The fourth-order valence-electron chi connectivity index (χ4n) is 1.29. The summed E-state index contributed by atoms with van der Waals surface area (Å²) in [6.45, 7) is 0. The van der Waals surface area contributed by atoms with Gasteiger partial charge in [-0.3, -0.25) is 0 Å². The zero-order chi connectivity index (χ0) is 8.72. The van der Waals surface area contributed by atoms with Crippen molar-refractivity contribution < 1.29 is 9.50 Å². The number of phenolic OH excluding ortho intramolecular Hbond substituents is 1. The third kappa shape index (κ3) is 1.27. The fourth-order valence-corrected chi connectivity index (χ4v) is 1.50. The van der Waals surface area contributed by atoms with Crippen molar-refractivity contribution in [3.8, 4) is 5.75 Å². The van der Waals surface area contributed by atoms with E-state index < -0.39 is 5.82 Å². The molecule has 0 aliphatic heterocycles. The molecule has 0 spiro atoms. The van der Waals surface area contributed by atoms with Crippen LogP contribution in [0.2, 0.25) is 5.02 Å². The van der Waals surface area contributed by atoms with E-state index in [1.54, 1.807) is 6.07 Å². The predicted molar refractivity (Wildman–Crippen MR) is 45.0 cm³/mol. The van der Waals surface area contributed by atoms with E-state index in [1.807, 2.05) is 0 Å². The van der Waals surface area contributed by atoms with Gasteiger partial charge in [-0.05, 0) is 30.9 Å². The van der Waals surface area contributed by atoms with Crippen LogP contribution < -0.4 is 0 Å². The summed E-state index contributed by atoms with van der Waals surface area (Å²) in [5.41, 5.74) is 0.653. The summed E-state index contributed by atoms with van der Waals surface area (Å²) in [4.78, 5) is 0. The molecule has 1 N–H and O–H groups in total. The van der Waals surface area contributed by atoms with Gasteiger partial charge in [0, 0.05) is 10.6 Å². The maximum Gasteiger partial charge on any atom is 0.166 e. The number of benzene rings is 1. The Morgan fingerprint density at radius 3 is 2.67 bits per heavy atom. The Kier molecular flexibility index (Phi) is 1.72. The molecule has 12 heavy (non-hydrogen) atoms. The lowest BCUT2D eigenvalue weighted by atomic mass is 10.1. The summed E-state index contributed by atoms with van der Waals surface area (Å²) < 4.78 is 12.9. The summed E-state index contributed by atoms with van der Waals surface area (Å²) in [5, 5.41) is 9.65. The second kappa shape index (κ2) is 2.63. The largest absolute Gasteiger partial charge is 0.505 e. The van der Waals surface area contributed by atoms with Crippen LogP contribution in [0.5, 0.6) is 5.75 Å². The molecule has 0 bridgehead atoms. The van der Waals surface area contributed by atoms with Gasteiger partial charge in [0.25, 0.3) is 0 Å². The van der Waals surface area contributed by atoms with E-state index in [-0.39, 0.29) is 5.75 Å². The SMILES string of the molecule is Oc1c(F)cc(Cl)cc1C1CC1. The van der Waals surface area contributed by atoms with Crippen LogP contribution in [0.1, 0.15) is 24.3 Å². The van der Waals surface area contributed by atoms with Gasteiger partial charge >= 0.3 is 0 Å². The van der Waals surface area contributed by atoms with Gasteiger partial charge in [-0.15, -0.1) is 0 Å². The van der Waals surface area contributed by atoms with Crippen molar-refractivity contribution in [3.05, 3.63) is 28.5 Å². The molecule has 1 fully saturated rings. The van der Waals surface area contributed by atoms with Crippen molar-refractivity contribution in [1.82, 2.24) is 0 Å². The first-order valence-electron chi connectivity index (χ1n) is 3.86. The predicted octanol–water partition coefficient (Wildman–Crippen LogP) is 3.06. The molecule has 1 aromatic rings. The minimum absolute atomic E-state index is 0.234. The molecular formula is C9H8ClFO. The molecule has 1 nitrogen and oxygen atoms in total. The molecule has 0 atom stereocenters. The summed E-state index contributed by atoms with van der Waals surface area (Å²) in [5.74, 6) is -0.537. The van der Waals surface area contributed by atoms with Gasteiger partial charge in [0.2, 0.25) is 0 Å². The smallest absolute Gasteiger partial charge is 0.166 e. The Morgan fingerprint density at radius 2 is 2.08 bits per heavy atom. The number of hydrogen-bond acceptors (Lipinski definition) is 1. The van der Waals surface area contributed by atoms with Gasteiger partial charge in [-0.2, -0.15) is 0 Å². The number of rotatable bonds is 1. The van der Waals surface area contributed by atoms with Crippen LogP contribution in [0.25, 0.3) is 0 Å². The molecule has 0 unspecified atom stereocenters. The van der Waals surface area contributed by atoms with E-state index in [9.17, 15) is 9.50 Å². The Labute approximate surface area is 74.8 Å². The normalized spacial score (nSPS) is 16.5.